The highest BCUT2D eigenvalue weighted by atomic mass is 32.2. The molecule has 0 N–H and O–H groups in total. The highest BCUT2D eigenvalue weighted by Gasteiger charge is 2.28. The standard InChI is InChI=1S/C21H18N2O4S/c1-3-26-15-10-8-14(9-11-15)21(25)27-13-18(24)16(12-22)20-23(2)17-6-4-5-7-19(17)28-20/h4-11H,3,13H2,1-2H3/b20-16-. The summed E-state index contributed by atoms with van der Waals surface area (Å²) in [6, 6.07) is 16.0. The van der Waals surface area contributed by atoms with Crippen LogP contribution < -0.4 is 9.64 Å². The largest absolute Gasteiger partial charge is 0.494 e. The van der Waals surface area contributed by atoms with E-state index in [1.165, 1.54) is 11.8 Å². The molecule has 0 fully saturated rings. The number of fused-ring (bicyclic) bond motifs is 1. The van der Waals surface area contributed by atoms with Gasteiger partial charge in [-0.05, 0) is 43.3 Å². The molecule has 28 heavy (non-hydrogen) atoms. The Morgan fingerprint density at radius 1 is 1.14 bits per heavy atom. The van der Waals surface area contributed by atoms with Crippen LogP contribution in [0.25, 0.3) is 0 Å². The molecule has 0 atom stereocenters. The van der Waals surface area contributed by atoms with E-state index in [-0.39, 0.29) is 5.57 Å². The summed E-state index contributed by atoms with van der Waals surface area (Å²) in [4.78, 5) is 27.4. The number of carbonyl (C=O) groups is 2. The van der Waals surface area contributed by atoms with Crippen LogP contribution >= 0.6 is 11.8 Å². The van der Waals surface area contributed by atoms with Gasteiger partial charge in [-0.25, -0.2) is 4.79 Å². The Labute approximate surface area is 167 Å². The van der Waals surface area contributed by atoms with Gasteiger partial charge < -0.3 is 14.4 Å². The van der Waals surface area contributed by atoms with E-state index in [0.717, 1.165) is 10.6 Å². The molecule has 1 aliphatic heterocycles. The molecule has 2 aromatic rings. The summed E-state index contributed by atoms with van der Waals surface area (Å²) in [6.07, 6.45) is 0. The Morgan fingerprint density at radius 3 is 2.50 bits per heavy atom. The minimum Gasteiger partial charge on any atom is -0.494 e. The zero-order valence-electron chi connectivity index (χ0n) is 15.5. The maximum Gasteiger partial charge on any atom is 0.338 e. The fourth-order valence-corrected chi connectivity index (χ4v) is 3.85. The normalized spacial score (nSPS) is 14.1. The first-order valence-corrected chi connectivity index (χ1v) is 9.45. The molecule has 1 aliphatic rings. The predicted molar refractivity (Wildman–Crippen MR) is 106 cm³/mol. The number of thioether (sulfide) groups is 1. The predicted octanol–water partition coefficient (Wildman–Crippen LogP) is 3.79. The van der Waals surface area contributed by atoms with Crippen molar-refractivity contribution < 1.29 is 19.1 Å². The van der Waals surface area contributed by atoms with Crippen molar-refractivity contribution in [3.63, 3.8) is 0 Å². The maximum atomic E-state index is 12.5. The number of hydrogen-bond donors (Lipinski definition) is 0. The van der Waals surface area contributed by atoms with Gasteiger partial charge >= 0.3 is 5.97 Å². The second-order valence-electron chi connectivity index (χ2n) is 5.88. The third kappa shape index (κ3) is 4.02. The molecule has 6 nitrogen and oxygen atoms in total. The molecule has 0 bridgehead atoms. The number of hydrogen-bond acceptors (Lipinski definition) is 7. The molecule has 1 heterocycles. The molecule has 3 rings (SSSR count). The van der Waals surface area contributed by atoms with Gasteiger partial charge in [0, 0.05) is 11.9 Å². The SMILES string of the molecule is CCOc1ccc(C(=O)OCC(=O)/C(C#N)=C2\Sc3ccccc3N2C)cc1. The van der Waals surface area contributed by atoms with Crippen LogP contribution in [0, 0.1) is 11.3 Å². The summed E-state index contributed by atoms with van der Waals surface area (Å²) < 4.78 is 10.4. The molecule has 0 saturated heterocycles. The van der Waals surface area contributed by atoms with Crippen molar-refractivity contribution in [2.24, 2.45) is 0 Å². The minimum absolute atomic E-state index is 0.0248. The van der Waals surface area contributed by atoms with Crippen LogP contribution in [-0.4, -0.2) is 32.0 Å². The topological polar surface area (TPSA) is 79.6 Å². The number of Topliss-reactive ketones (excluding diaryl/α,β-unsaturated/α-hetero) is 1. The zero-order valence-corrected chi connectivity index (χ0v) is 16.3. The number of ether oxygens (including phenoxy) is 2. The third-order valence-corrected chi connectivity index (χ3v) is 5.31. The van der Waals surface area contributed by atoms with Gasteiger partial charge in [-0.1, -0.05) is 23.9 Å². The number of carbonyl (C=O) groups excluding carboxylic acids is 2. The summed E-state index contributed by atoms with van der Waals surface area (Å²) in [6.45, 7) is 1.90. The summed E-state index contributed by atoms with van der Waals surface area (Å²) in [5, 5.41) is 10.0. The van der Waals surface area contributed by atoms with Crippen molar-refractivity contribution in [3.8, 4) is 11.8 Å². The van der Waals surface area contributed by atoms with Crippen molar-refractivity contribution in [3.05, 3.63) is 64.7 Å². The Hall–Kier alpha value is -3.24. The van der Waals surface area contributed by atoms with E-state index in [2.05, 4.69) is 0 Å². The van der Waals surface area contributed by atoms with Crippen LogP contribution in [0.1, 0.15) is 17.3 Å². The summed E-state index contributed by atoms with van der Waals surface area (Å²) in [7, 11) is 1.80. The Morgan fingerprint density at radius 2 is 1.86 bits per heavy atom. The summed E-state index contributed by atoms with van der Waals surface area (Å²) in [5.74, 6) is -0.522. The number of benzene rings is 2. The molecule has 0 amide bonds. The van der Waals surface area contributed by atoms with Gasteiger partial charge in [-0.15, -0.1) is 0 Å². The van der Waals surface area contributed by atoms with E-state index in [1.54, 1.807) is 36.2 Å². The smallest absolute Gasteiger partial charge is 0.338 e. The summed E-state index contributed by atoms with van der Waals surface area (Å²) in [5.41, 5.74) is 1.21. The average molecular weight is 394 g/mol. The molecular weight excluding hydrogens is 376 g/mol. The van der Waals surface area contributed by atoms with Crippen LogP contribution in [0.15, 0.2) is 64.0 Å². The molecule has 0 aliphatic carbocycles. The second kappa shape index (κ2) is 8.63. The number of nitrogens with zero attached hydrogens (tertiary/aromatic N) is 2. The average Bonchev–Trinajstić information content (AvgIpc) is 3.04. The molecule has 0 radical (unpaired) electrons. The number of ketones is 1. The second-order valence-corrected chi connectivity index (χ2v) is 6.91. The van der Waals surface area contributed by atoms with E-state index in [4.69, 9.17) is 9.47 Å². The van der Waals surface area contributed by atoms with Gasteiger partial charge in [0.05, 0.1) is 17.9 Å². The summed E-state index contributed by atoms with van der Waals surface area (Å²) >= 11 is 1.35. The quantitative estimate of drug-likeness (QED) is 0.419. The number of rotatable bonds is 6. The van der Waals surface area contributed by atoms with Crippen molar-refractivity contribution in [2.75, 3.05) is 25.2 Å². The zero-order chi connectivity index (χ0) is 20.1. The van der Waals surface area contributed by atoms with Crippen LogP contribution in [-0.2, 0) is 9.53 Å². The van der Waals surface area contributed by atoms with Crippen LogP contribution in [0.2, 0.25) is 0 Å². The van der Waals surface area contributed by atoms with Crippen molar-refractivity contribution in [2.45, 2.75) is 11.8 Å². The fraction of sp³-hybridized carbons (Fsp3) is 0.190. The molecular formula is C21H18N2O4S. The van der Waals surface area contributed by atoms with E-state index < -0.39 is 18.4 Å². The lowest BCUT2D eigenvalue weighted by molar-refractivity contribution is -0.118. The van der Waals surface area contributed by atoms with Crippen molar-refractivity contribution in [1.82, 2.24) is 0 Å². The van der Waals surface area contributed by atoms with Gasteiger partial charge in [0.1, 0.15) is 22.4 Å². The minimum atomic E-state index is -0.630. The number of esters is 1. The number of nitriles is 1. The molecule has 142 valence electrons. The fourth-order valence-electron chi connectivity index (χ4n) is 2.69. The van der Waals surface area contributed by atoms with Crippen LogP contribution in [0.4, 0.5) is 5.69 Å². The molecule has 0 spiro atoms. The van der Waals surface area contributed by atoms with E-state index in [0.29, 0.717) is 22.9 Å². The Kier molecular flexibility index (Phi) is 6.02. The van der Waals surface area contributed by atoms with E-state index in [9.17, 15) is 14.9 Å². The monoisotopic (exact) mass is 394 g/mol. The Balaban J connectivity index is 1.68. The molecule has 0 unspecified atom stereocenters. The lowest BCUT2D eigenvalue weighted by atomic mass is 10.2. The molecule has 0 aromatic heterocycles. The Bertz CT molecular complexity index is 977. The number of para-hydroxylation sites is 1. The van der Waals surface area contributed by atoms with Gasteiger partial charge in [-0.2, -0.15) is 5.26 Å². The van der Waals surface area contributed by atoms with Gasteiger partial charge in [-0.3, -0.25) is 4.79 Å². The lowest BCUT2D eigenvalue weighted by Gasteiger charge is -2.14. The molecule has 0 saturated carbocycles. The van der Waals surface area contributed by atoms with E-state index in [1.807, 2.05) is 37.3 Å². The van der Waals surface area contributed by atoms with Gasteiger partial charge in [0.2, 0.25) is 5.78 Å². The van der Waals surface area contributed by atoms with Gasteiger partial charge in [0.15, 0.2) is 6.61 Å². The maximum absolute atomic E-state index is 12.5. The highest BCUT2D eigenvalue weighted by Crippen LogP contribution is 2.46. The number of anilines is 1. The first-order chi connectivity index (χ1) is 13.5. The molecule has 2 aromatic carbocycles. The van der Waals surface area contributed by atoms with Gasteiger partial charge in [0.25, 0.3) is 0 Å². The van der Waals surface area contributed by atoms with Crippen molar-refractivity contribution >= 4 is 29.2 Å². The first-order valence-electron chi connectivity index (χ1n) is 8.63. The molecule has 7 heteroatoms. The third-order valence-electron chi connectivity index (χ3n) is 4.08. The van der Waals surface area contributed by atoms with Crippen LogP contribution in [0.3, 0.4) is 0 Å². The first kappa shape index (κ1) is 19.5. The van der Waals surface area contributed by atoms with Crippen molar-refractivity contribution in [1.29, 1.82) is 5.26 Å². The highest BCUT2D eigenvalue weighted by molar-refractivity contribution is 8.03. The van der Waals surface area contributed by atoms with Crippen LogP contribution in [0.5, 0.6) is 5.75 Å². The lowest BCUT2D eigenvalue weighted by Crippen LogP contribution is -2.20. The van der Waals surface area contributed by atoms with E-state index >= 15 is 0 Å².